The number of carbonyl (C=O) groups is 1. The average Bonchev–Trinajstić information content (AvgIpc) is 2.03. The lowest BCUT2D eigenvalue weighted by molar-refractivity contribution is -0.158. The Hall–Kier alpha value is -0.570. The molecule has 1 rings (SSSR count). The first kappa shape index (κ1) is 10.5. The molecule has 1 heterocycles. The van der Waals surface area contributed by atoms with Crippen LogP contribution in [0.15, 0.2) is 0 Å². The third-order valence-corrected chi connectivity index (χ3v) is 2.49. The van der Waals surface area contributed by atoms with Crippen molar-refractivity contribution in [3.63, 3.8) is 0 Å². The Morgan fingerprint density at radius 1 is 1.46 bits per heavy atom. The van der Waals surface area contributed by atoms with Gasteiger partial charge in [-0.2, -0.15) is 0 Å². The topological polar surface area (TPSA) is 46.5 Å². The van der Waals surface area contributed by atoms with Gasteiger partial charge in [-0.1, -0.05) is 20.8 Å². The molecule has 0 bridgehead atoms. The van der Waals surface area contributed by atoms with E-state index < -0.39 is 5.97 Å². The molecule has 1 fully saturated rings. The van der Waals surface area contributed by atoms with Gasteiger partial charge in [0, 0.05) is 6.61 Å². The predicted octanol–water partition coefficient (Wildman–Crippen LogP) is 1.91. The highest BCUT2D eigenvalue weighted by Gasteiger charge is 2.39. The number of ether oxygens (including phenoxy) is 1. The zero-order valence-corrected chi connectivity index (χ0v) is 8.54. The SMILES string of the molecule is CC(C)(C)C1OCCCC1C(=O)O. The molecule has 0 aliphatic carbocycles. The van der Waals surface area contributed by atoms with Crippen LogP contribution in [0.25, 0.3) is 0 Å². The van der Waals surface area contributed by atoms with Crippen molar-refractivity contribution in [3.05, 3.63) is 0 Å². The van der Waals surface area contributed by atoms with Crippen LogP contribution >= 0.6 is 0 Å². The van der Waals surface area contributed by atoms with Crippen molar-refractivity contribution in [2.45, 2.75) is 39.7 Å². The van der Waals surface area contributed by atoms with Crippen molar-refractivity contribution in [2.75, 3.05) is 6.61 Å². The van der Waals surface area contributed by atoms with Crippen LogP contribution in [0, 0.1) is 11.3 Å². The van der Waals surface area contributed by atoms with Crippen molar-refractivity contribution in [1.29, 1.82) is 0 Å². The van der Waals surface area contributed by atoms with E-state index in [-0.39, 0.29) is 17.4 Å². The molecule has 0 aromatic heterocycles. The van der Waals surface area contributed by atoms with Gasteiger partial charge >= 0.3 is 5.97 Å². The van der Waals surface area contributed by atoms with Gasteiger partial charge < -0.3 is 9.84 Å². The summed E-state index contributed by atoms with van der Waals surface area (Å²) in [7, 11) is 0. The third kappa shape index (κ3) is 2.44. The van der Waals surface area contributed by atoms with Gasteiger partial charge in [0.1, 0.15) is 0 Å². The van der Waals surface area contributed by atoms with E-state index in [0.717, 1.165) is 12.8 Å². The predicted molar refractivity (Wildman–Crippen MR) is 49.6 cm³/mol. The average molecular weight is 186 g/mol. The van der Waals surface area contributed by atoms with E-state index in [1.165, 1.54) is 0 Å². The summed E-state index contributed by atoms with van der Waals surface area (Å²) >= 11 is 0. The Morgan fingerprint density at radius 2 is 2.08 bits per heavy atom. The van der Waals surface area contributed by atoms with Crippen LogP contribution < -0.4 is 0 Å². The number of carboxylic acids is 1. The van der Waals surface area contributed by atoms with Gasteiger partial charge in [-0.05, 0) is 18.3 Å². The lowest BCUT2D eigenvalue weighted by atomic mass is 9.78. The fourth-order valence-corrected chi connectivity index (χ4v) is 1.89. The highest BCUT2D eigenvalue weighted by molar-refractivity contribution is 5.71. The standard InChI is InChI=1S/C10H18O3/c1-10(2,3)8-7(9(11)12)5-4-6-13-8/h7-8H,4-6H2,1-3H3,(H,11,12). The molecule has 1 N–H and O–H groups in total. The maximum absolute atomic E-state index is 10.9. The van der Waals surface area contributed by atoms with E-state index in [2.05, 4.69) is 0 Å². The Labute approximate surface area is 79.1 Å². The van der Waals surface area contributed by atoms with Crippen molar-refractivity contribution in [2.24, 2.45) is 11.3 Å². The molecule has 0 aromatic rings. The van der Waals surface area contributed by atoms with E-state index >= 15 is 0 Å². The summed E-state index contributed by atoms with van der Waals surface area (Å²) in [6.07, 6.45) is 1.47. The molecule has 1 aliphatic heterocycles. The molecule has 0 saturated carbocycles. The summed E-state index contributed by atoms with van der Waals surface area (Å²) in [5.41, 5.74) is -0.0799. The summed E-state index contributed by atoms with van der Waals surface area (Å²) in [6, 6.07) is 0. The minimum Gasteiger partial charge on any atom is -0.481 e. The molecule has 1 aliphatic rings. The van der Waals surface area contributed by atoms with Crippen molar-refractivity contribution in [3.8, 4) is 0 Å². The van der Waals surface area contributed by atoms with Crippen LogP contribution in [-0.2, 0) is 9.53 Å². The second-order valence-electron chi connectivity index (χ2n) is 4.74. The van der Waals surface area contributed by atoms with Crippen molar-refractivity contribution in [1.82, 2.24) is 0 Å². The van der Waals surface area contributed by atoms with E-state index in [9.17, 15) is 4.79 Å². The third-order valence-electron chi connectivity index (χ3n) is 2.49. The quantitative estimate of drug-likeness (QED) is 0.680. The first-order valence-electron chi connectivity index (χ1n) is 4.77. The Balaban J connectivity index is 2.73. The number of hydrogen-bond acceptors (Lipinski definition) is 2. The molecular formula is C10H18O3. The number of rotatable bonds is 1. The minimum atomic E-state index is -0.723. The van der Waals surface area contributed by atoms with Gasteiger partial charge in [-0.15, -0.1) is 0 Å². The lowest BCUT2D eigenvalue weighted by Crippen LogP contribution is -2.43. The summed E-state index contributed by atoms with van der Waals surface area (Å²) < 4.78 is 5.54. The van der Waals surface area contributed by atoms with Crippen LogP contribution in [-0.4, -0.2) is 23.8 Å². The van der Waals surface area contributed by atoms with Crippen LogP contribution in [0.3, 0.4) is 0 Å². The highest BCUT2D eigenvalue weighted by Crippen LogP contribution is 2.33. The molecule has 13 heavy (non-hydrogen) atoms. The second-order valence-corrected chi connectivity index (χ2v) is 4.74. The zero-order valence-electron chi connectivity index (χ0n) is 8.54. The van der Waals surface area contributed by atoms with Crippen LogP contribution in [0.1, 0.15) is 33.6 Å². The molecule has 76 valence electrons. The van der Waals surface area contributed by atoms with Gasteiger partial charge in [0.05, 0.1) is 12.0 Å². The van der Waals surface area contributed by atoms with Crippen LogP contribution in [0.2, 0.25) is 0 Å². The Morgan fingerprint density at radius 3 is 2.46 bits per heavy atom. The normalized spacial score (nSPS) is 30.1. The van der Waals surface area contributed by atoms with E-state index in [4.69, 9.17) is 9.84 Å². The van der Waals surface area contributed by atoms with E-state index in [1.54, 1.807) is 0 Å². The monoisotopic (exact) mass is 186 g/mol. The zero-order chi connectivity index (χ0) is 10.1. The summed E-state index contributed by atoms with van der Waals surface area (Å²) in [5, 5.41) is 8.99. The molecule has 0 spiro atoms. The number of hydrogen-bond donors (Lipinski definition) is 1. The molecule has 3 heteroatoms. The van der Waals surface area contributed by atoms with Gasteiger partial charge in [-0.3, -0.25) is 4.79 Å². The highest BCUT2D eigenvalue weighted by atomic mass is 16.5. The van der Waals surface area contributed by atoms with Crippen LogP contribution in [0.4, 0.5) is 0 Å². The number of carboxylic acid groups (broad SMARTS) is 1. The Bertz CT molecular complexity index is 193. The van der Waals surface area contributed by atoms with Crippen molar-refractivity contribution < 1.29 is 14.6 Å². The smallest absolute Gasteiger partial charge is 0.309 e. The fraction of sp³-hybridized carbons (Fsp3) is 0.900. The minimum absolute atomic E-state index is 0.0799. The molecule has 1 saturated heterocycles. The molecule has 3 nitrogen and oxygen atoms in total. The first-order chi connectivity index (χ1) is 5.93. The van der Waals surface area contributed by atoms with Gasteiger partial charge in [0.2, 0.25) is 0 Å². The number of aliphatic carboxylic acids is 1. The Kier molecular flexibility index (Phi) is 2.96. The van der Waals surface area contributed by atoms with Gasteiger partial charge in [0.25, 0.3) is 0 Å². The summed E-state index contributed by atoms with van der Waals surface area (Å²) in [5.74, 6) is -1.05. The molecule has 0 amide bonds. The molecular weight excluding hydrogens is 168 g/mol. The van der Waals surface area contributed by atoms with Crippen molar-refractivity contribution >= 4 is 5.97 Å². The molecule has 0 radical (unpaired) electrons. The summed E-state index contributed by atoms with van der Waals surface area (Å²) in [4.78, 5) is 10.9. The maximum atomic E-state index is 10.9. The van der Waals surface area contributed by atoms with Crippen LogP contribution in [0.5, 0.6) is 0 Å². The second kappa shape index (κ2) is 3.66. The maximum Gasteiger partial charge on any atom is 0.309 e. The van der Waals surface area contributed by atoms with Gasteiger partial charge in [0.15, 0.2) is 0 Å². The first-order valence-corrected chi connectivity index (χ1v) is 4.77. The fourth-order valence-electron chi connectivity index (χ4n) is 1.89. The van der Waals surface area contributed by atoms with E-state index in [1.807, 2.05) is 20.8 Å². The lowest BCUT2D eigenvalue weighted by Gasteiger charge is -2.38. The van der Waals surface area contributed by atoms with E-state index in [0.29, 0.717) is 6.61 Å². The molecule has 0 aromatic carbocycles. The molecule has 2 atom stereocenters. The van der Waals surface area contributed by atoms with Gasteiger partial charge in [-0.25, -0.2) is 0 Å². The summed E-state index contributed by atoms with van der Waals surface area (Å²) in [6.45, 7) is 6.78. The largest absolute Gasteiger partial charge is 0.481 e. The molecule has 2 unspecified atom stereocenters.